The summed E-state index contributed by atoms with van der Waals surface area (Å²) in [6.07, 6.45) is 32.0. The van der Waals surface area contributed by atoms with Crippen LogP contribution in [0.4, 0.5) is 0 Å². The van der Waals surface area contributed by atoms with E-state index in [2.05, 4.69) is 13.8 Å². The number of hydrogen-bond acceptors (Lipinski definition) is 4. The summed E-state index contributed by atoms with van der Waals surface area (Å²) in [6.45, 7) is 4.51. The Hall–Kier alpha value is -0.710. The Morgan fingerprint density at radius 1 is 0.595 bits per heavy atom. The van der Waals surface area contributed by atoms with Crippen molar-refractivity contribution in [3.63, 3.8) is 0 Å². The molecule has 3 unspecified atom stereocenters. The maximum absolute atomic E-state index is 12.3. The highest BCUT2D eigenvalue weighted by molar-refractivity contribution is 5.83. The lowest BCUT2D eigenvalue weighted by Crippen LogP contribution is -2.47. The molecule has 4 nitrogen and oxygen atoms in total. The van der Waals surface area contributed by atoms with Crippen LogP contribution in [0.2, 0.25) is 0 Å². The van der Waals surface area contributed by atoms with Crippen LogP contribution >= 0.6 is 0 Å². The van der Waals surface area contributed by atoms with Crippen LogP contribution in [0.3, 0.4) is 0 Å². The number of nitrogens with two attached hydrogens (primary N) is 1. The first-order valence-electron chi connectivity index (χ1n) is 16.4. The molecule has 0 saturated carbocycles. The lowest BCUT2D eigenvalue weighted by molar-refractivity contribution is -0.129. The van der Waals surface area contributed by atoms with Crippen molar-refractivity contribution in [2.75, 3.05) is 0 Å². The number of aliphatic hydroxyl groups is 2. The van der Waals surface area contributed by atoms with Crippen LogP contribution in [-0.4, -0.2) is 34.2 Å². The minimum atomic E-state index is -1.28. The zero-order valence-corrected chi connectivity index (χ0v) is 24.9. The first-order valence-corrected chi connectivity index (χ1v) is 16.4. The molecular formula is C33H65NO3. The Morgan fingerprint density at radius 2 is 0.946 bits per heavy atom. The summed E-state index contributed by atoms with van der Waals surface area (Å²) in [5.41, 5.74) is 5.97. The highest BCUT2D eigenvalue weighted by Gasteiger charge is 2.26. The van der Waals surface area contributed by atoms with Crippen molar-refractivity contribution in [2.45, 2.75) is 193 Å². The second kappa shape index (κ2) is 28.3. The van der Waals surface area contributed by atoms with E-state index in [1.165, 1.54) is 122 Å². The Morgan fingerprint density at radius 3 is 1.35 bits per heavy atom. The van der Waals surface area contributed by atoms with E-state index in [0.29, 0.717) is 6.42 Å². The van der Waals surface area contributed by atoms with Crippen molar-refractivity contribution in [3.8, 4) is 0 Å². The molecule has 0 rings (SSSR count). The molecule has 0 amide bonds. The van der Waals surface area contributed by atoms with Crippen molar-refractivity contribution < 1.29 is 15.0 Å². The molecule has 37 heavy (non-hydrogen) atoms. The number of hydrogen-bond donors (Lipinski definition) is 3. The SMILES string of the molecule is CCCCCCCCCCC/C=C/C(O)C(N)C(O)C(=O)CCCCCCCCCCCCCCCC. The van der Waals surface area contributed by atoms with Crippen LogP contribution in [0, 0.1) is 0 Å². The summed E-state index contributed by atoms with van der Waals surface area (Å²) in [4.78, 5) is 12.3. The number of Topliss-reactive ketones (excluding diaryl/α,β-unsaturated/α-hetero) is 1. The van der Waals surface area contributed by atoms with Crippen LogP contribution in [0.25, 0.3) is 0 Å². The maximum atomic E-state index is 12.3. The van der Waals surface area contributed by atoms with Gasteiger partial charge in [-0.25, -0.2) is 0 Å². The quantitative estimate of drug-likeness (QED) is 0.0674. The number of carbonyl (C=O) groups is 1. The molecule has 4 heteroatoms. The summed E-state index contributed by atoms with van der Waals surface area (Å²) in [5.74, 6) is -0.238. The van der Waals surface area contributed by atoms with Crippen molar-refractivity contribution in [3.05, 3.63) is 12.2 Å². The van der Waals surface area contributed by atoms with Crippen LogP contribution in [0.15, 0.2) is 12.2 Å². The highest BCUT2D eigenvalue weighted by atomic mass is 16.3. The molecule has 0 aromatic rings. The van der Waals surface area contributed by atoms with Gasteiger partial charge in [0.25, 0.3) is 0 Å². The Kier molecular flexibility index (Phi) is 27.8. The van der Waals surface area contributed by atoms with Crippen LogP contribution in [0.5, 0.6) is 0 Å². The molecule has 0 radical (unpaired) electrons. The lowest BCUT2D eigenvalue weighted by atomic mass is 9.97. The lowest BCUT2D eigenvalue weighted by Gasteiger charge is -2.21. The number of aliphatic hydroxyl groups excluding tert-OH is 2. The molecule has 0 saturated heterocycles. The summed E-state index contributed by atoms with van der Waals surface area (Å²) in [7, 11) is 0. The Labute approximate surface area is 231 Å². The smallest absolute Gasteiger partial charge is 0.162 e. The molecule has 0 fully saturated rings. The van der Waals surface area contributed by atoms with Gasteiger partial charge in [0.2, 0.25) is 0 Å². The Bertz CT molecular complexity index is 508. The molecule has 4 N–H and O–H groups in total. The predicted octanol–water partition coefficient (Wildman–Crippen LogP) is 8.95. The van der Waals surface area contributed by atoms with Gasteiger partial charge in [0, 0.05) is 6.42 Å². The molecule has 0 aliphatic heterocycles. The number of allylic oxidation sites excluding steroid dienone is 1. The van der Waals surface area contributed by atoms with Gasteiger partial charge >= 0.3 is 0 Å². The fourth-order valence-corrected chi connectivity index (χ4v) is 4.98. The van der Waals surface area contributed by atoms with E-state index in [1.54, 1.807) is 6.08 Å². The molecule has 0 aromatic carbocycles. The minimum absolute atomic E-state index is 0.238. The third kappa shape index (κ3) is 24.1. The second-order valence-electron chi connectivity index (χ2n) is 11.4. The first kappa shape index (κ1) is 36.3. The largest absolute Gasteiger partial charge is 0.387 e. The third-order valence-electron chi connectivity index (χ3n) is 7.67. The predicted molar refractivity (Wildman–Crippen MR) is 161 cm³/mol. The van der Waals surface area contributed by atoms with Crippen LogP contribution in [0.1, 0.15) is 174 Å². The van der Waals surface area contributed by atoms with Gasteiger partial charge in [-0.15, -0.1) is 0 Å². The molecular weight excluding hydrogens is 458 g/mol. The van der Waals surface area contributed by atoms with Crippen molar-refractivity contribution in [2.24, 2.45) is 5.73 Å². The van der Waals surface area contributed by atoms with E-state index in [1.807, 2.05) is 6.08 Å². The van der Waals surface area contributed by atoms with Gasteiger partial charge in [-0.2, -0.15) is 0 Å². The van der Waals surface area contributed by atoms with E-state index < -0.39 is 18.2 Å². The fraction of sp³-hybridized carbons (Fsp3) is 0.909. The van der Waals surface area contributed by atoms with Gasteiger partial charge in [-0.05, 0) is 19.3 Å². The molecule has 0 aromatic heterocycles. The highest BCUT2D eigenvalue weighted by Crippen LogP contribution is 2.15. The molecule has 3 atom stereocenters. The normalized spacial score (nSPS) is 14.3. The molecule has 0 bridgehead atoms. The molecule has 0 aliphatic rings. The summed E-state index contributed by atoms with van der Waals surface area (Å²) < 4.78 is 0. The van der Waals surface area contributed by atoms with Gasteiger partial charge in [0.1, 0.15) is 6.10 Å². The zero-order valence-electron chi connectivity index (χ0n) is 24.9. The van der Waals surface area contributed by atoms with Gasteiger partial charge in [-0.3, -0.25) is 4.79 Å². The average Bonchev–Trinajstić information content (AvgIpc) is 2.90. The van der Waals surface area contributed by atoms with Crippen molar-refractivity contribution >= 4 is 5.78 Å². The van der Waals surface area contributed by atoms with Gasteiger partial charge < -0.3 is 15.9 Å². The van der Waals surface area contributed by atoms with Gasteiger partial charge in [0.05, 0.1) is 12.1 Å². The topological polar surface area (TPSA) is 83.6 Å². The Balaban J connectivity index is 3.65. The monoisotopic (exact) mass is 523 g/mol. The number of unbranched alkanes of at least 4 members (excludes halogenated alkanes) is 22. The first-order chi connectivity index (χ1) is 18.0. The van der Waals surface area contributed by atoms with E-state index in [0.717, 1.165) is 32.1 Å². The van der Waals surface area contributed by atoms with E-state index in [-0.39, 0.29) is 5.78 Å². The van der Waals surface area contributed by atoms with Crippen LogP contribution in [-0.2, 0) is 4.79 Å². The fourth-order valence-electron chi connectivity index (χ4n) is 4.98. The van der Waals surface area contributed by atoms with Gasteiger partial charge in [-0.1, -0.05) is 161 Å². The maximum Gasteiger partial charge on any atom is 0.162 e. The average molecular weight is 524 g/mol. The van der Waals surface area contributed by atoms with Crippen molar-refractivity contribution in [1.29, 1.82) is 0 Å². The number of rotatable bonds is 29. The molecule has 0 heterocycles. The standard InChI is InChI=1S/C33H65NO3/c1-3-5-7-9-11-13-15-16-17-19-21-23-25-27-29-31(36)33(37)32(34)30(35)28-26-24-22-20-18-14-12-10-8-6-4-2/h26,28,30,32-33,35,37H,3-25,27,29,34H2,1-2H3/b28-26+. The van der Waals surface area contributed by atoms with Crippen molar-refractivity contribution in [1.82, 2.24) is 0 Å². The summed E-state index contributed by atoms with van der Waals surface area (Å²) in [6, 6.07) is -0.946. The molecule has 220 valence electrons. The number of ketones is 1. The third-order valence-corrected chi connectivity index (χ3v) is 7.67. The second-order valence-corrected chi connectivity index (χ2v) is 11.4. The van der Waals surface area contributed by atoms with Crippen LogP contribution < -0.4 is 5.73 Å². The summed E-state index contributed by atoms with van der Waals surface area (Å²) in [5, 5.41) is 20.5. The zero-order chi connectivity index (χ0) is 27.4. The minimum Gasteiger partial charge on any atom is -0.387 e. The van der Waals surface area contributed by atoms with Gasteiger partial charge in [0.15, 0.2) is 5.78 Å². The van der Waals surface area contributed by atoms with E-state index in [9.17, 15) is 15.0 Å². The van der Waals surface area contributed by atoms with E-state index >= 15 is 0 Å². The number of carbonyl (C=O) groups excluding carboxylic acids is 1. The molecule has 0 spiro atoms. The molecule has 0 aliphatic carbocycles. The van der Waals surface area contributed by atoms with E-state index in [4.69, 9.17) is 5.73 Å². The summed E-state index contributed by atoms with van der Waals surface area (Å²) >= 11 is 0.